The van der Waals surface area contributed by atoms with Crippen LogP contribution in [0.2, 0.25) is 0 Å². The molecule has 3 nitrogen and oxygen atoms in total. The van der Waals surface area contributed by atoms with E-state index < -0.39 is 0 Å². The molecule has 0 aliphatic carbocycles. The van der Waals surface area contributed by atoms with Crippen molar-refractivity contribution in [3.63, 3.8) is 0 Å². The average molecular weight is 243 g/mol. The fourth-order valence-electron chi connectivity index (χ4n) is 2.32. The Hall–Kier alpha value is -1.77. The van der Waals surface area contributed by atoms with Gasteiger partial charge in [-0.15, -0.1) is 0 Å². The third-order valence-electron chi connectivity index (χ3n) is 3.23. The van der Waals surface area contributed by atoms with Gasteiger partial charge in [0.2, 0.25) is 0 Å². The lowest BCUT2D eigenvalue weighted by atomic mass is 10.0. The van der Waals surface area contributed by atoms with Gasteiger partial charge in [0.15, 0.2) is 0 Å². The smallest absolute Gasteiger partial charge is 0.0825 e. The van der Waals surface area contributed by atoms with E-state index in [0.717, 1.165) is 17.1 Å². The van der Waals surface area contributed by atoms with E-state index in [1.165, 1.54) is 16.7 Å². The molecule has 0 radical (unpaired) electrons. The van der Waals surface area contributed by atoms with E-state index in [9.17, 15) is 0 Å². The zero-order valence-electron chi connectivity index (χ0n) is 11.8. The van der Waals surface area contributed by atoms with Crippen LogP contribution < -0.4 is 5.32 Å². The summed E-state index contributed by atoms with van der Waals surface area (Å²) in [6.07, 6.45) is 0. The summed E-state index contributed by atoms with van der Waals surface area (Å²) in [5.41, 5.74) is 7.14. The van der Waals surface area contributed by atoms with Crippen molar-refractivity contribution in [3.8, 4) is 0 Å². The maximum absolute atomic E-state index is 4.21. The van der Waals surface area contributed by atoms with E-state index in [1.807, 2.05) is 13.8 Å². The Morgan fingerprint density at radius 1 is 1.06 bits per heavy atom. The highest BCUT2D eigenvalue weighted by atomic mass is 15.2. The Balaban J connectivity index is 2.24. The minimum absolute atomic E-state index is 0.276. The first-order valence-corrected chi connectivity index (χ1v) is 6.33. The predicted molar refractivity (Wildman–Crippen MR) is 76.0 cm³/mol. The highest BCUT2D eigenvalue weighted by Gasteiger charge is 2.11. The standard InChI is InChI=1S/C15H21N3/c1-9-6-10(2)8-14(7-9)11(3)16-15-12(4)17-18-13(15)5/h6-8,11,16H,1-5H3,(H,17,18). The second-order valence-electron chi connectivity index (χ2n) is 5.10. The van der Waals surface area contributed by atoms with E-state index in [-0.39, 0.29) is 6.04 Å². The molecular formula is C15H21N3. The summed E-state index contributed by atoms with van der Waals surface area (Å²) in [5, 5.41) is 10.7. The molecule has 2 aromatic rings. The van der Waals surface area contributed by atoms with E-state index >= 15 is 0 Å². The Morgan fingerprint density at radius 3 is 2.17 bits per heavy atom. The summed E-state index contributed by atoms with van der Waals surface area (Å²) in [6, 6.07) is 6.94. The highest BCUT2D eigenvalue weighted by molar-refractivity contribution is 5.53. The van der Waals surface area contributed by atoms with Gasteiger partial charge < -0.3 is 5.32 Å². The molecule has 2 rings (SSSR count). The molecule has 0 saturated carbocycles. The van der Waals surface area contributed by atoms with Gasteiger partial charge in [0.1, 0.15) is 0 Å². The molecule has 0 aliphatic rings. The number of anilines is 1. The van der Waals surface area contributed by atoms with Gasteiger partial charge in [0.25, 0.3) is 0 Å². The number of benzene rings is 1. The van der Waals surface area contributed by atoms with Gasteiger partial charge >= 0.3 is 0 Å². The molecule has 2 N–H and O–H groups in total. The van der Waals surface area contributed by atoms with Crippen LogP contribution in [0.25, 0.3) is 0 Å². The van der Waals surface area contributed by atoms with Gasteiger partial charge in [-0.3, -0.25) is 5.10 Å². The van der Waals surface area contributed by atoms with Crippen molar-refractivity contribution in [1.82, 2.24) is 10.2 Å². The summed E-state index contributed by atoms with van der Waals surface area (Å²) < 4.78 is 0. The lowest BCUT2D eigenvalue weighted by molar-refractivity contribution is 0.877. The molecule has 0 spiro atoms. The Bertz CT molecular complexity index is 515. The molecule has 1 aromatic heterocycles. The molecule has 18 heavy (non-hydrogen) atoms. The van der Waals surface area contributed by atoms with Crippen LogP contribution in [0.3, 0.4) is 0 Å². The van der Waals surface area contributed by atoms with Crippen LogP contribution >= 0.6 is 0 Å². The third-order valence-corrected chi connectivity index (χ3v) is 3.23. The maximum Gasteiger partial charge on any atom is 0.0825 e. The summed E-state index contributed by atoms with van der Waals surface area (Å²) in [4.78, 5) is 0. The molecular weight excluding hydrogens is 222 g/mol. The molecule has 1 unspecified atom stereocenters. The number of rotatable bonds is 3. The molecule has 1 aromatic carbocycles. The Kier molecular flexibility index (Phi) is 3.41. The van der Waals surface area contributed by atoms with Crippen LogP contribution in [0.5, 0.6) is 0 Å². The van der Waals surface area contributed by atoms with Crippen molar-refractivity contribution in [2.24, 2.45) is 0 Å². The third kappa shape index (κ3) is 2.55. The molecule has 1 heterocycles. The minimum atomic E-state index is 0.276. The number of aromatic nitrogens is 2. The van der Waals surface area contributed by atoms with Gasteiger partial charge in [-0.1, -0.05) is 29.3 Å². The number of hydrogen-bond acceptors (Lipinski definition) is 2. The number of aromatic amines is 1. The fourth-order valence-corrected chi connectivity index (χ4v) is 2.32. The van der Waals surface area contributed by atoms with Crippen LogP contribution in [-0.4, -0.2) is 10.2 Å². The number of nitrogens with zero attached hydrogens (tertiary/aromatic N) is 1. The number of H-pyrrole nitrogens is 1. The zero-order valence-corrected chi connectivity index (χ0v) is 11.8. The normalized spacial score (nSPS) is 12.5. The predicted octanol–water partition coefficient (Wildman–Crippen LogP) is 3.82. The van der Waals surface area contributed by atoms with Crippen molar-refractivity contribution in [3.05, 3.63) is 46.3 Å². The zero-order chi connectivity index (χ0) is 13.3. The van der Waals surface area contributed by atoms with Crippen molar-refractivity contribution >= 4 is 5.69 Å². The minimum Gasteiger partial charge on any atom is -0.376 e. The Morgan fingerprint density at radius 2 is 1.67 bits per heavy atom. The van der Waals surface area contributed by atoms with Crippen molar-refractivity contribution in [2.45, 2.75) is 40.7 Å². The van der Waals surface area contributed by atoms with E-state index in [2.05, 4.69) is 54.5 Å². The van der Waals surface area contributed by atoms with Crippen molar-refractivity contribution in [2.75, 3.05) is 5.32 Å². The largest absolute Gasteiger partial charge is 0.376 e. The first-order valence-electron chi connectivity index (χ1n) is 6.33. The molecule has 0 fully saturated rings. The fraction of sp³-hybridized carbons (Fsp3) is 0.400. The van der Waals surface area contributed by atoms with Crippen LogP contribution in [0.4, 0.5) is 5.69 Å². The molecule has 0 bridgehead atoms. The van der Waals surface area contributed by atoms with Gasteiger partial charge in [-0.2, -0.15) is 5.10 Å². The topological polar surface area (TPSA) is 40.7 Å². The molecule has 0 aliphatic heterocycles. The van der Waals surface area contributed by atoms with Gasteiger partial charge in [0, 0.05) is 6.04 Å². The first kappa shape index (κ1) is 12.7. The lowest BCUT2D eigenvalue weighted by Crippen LogP contribution is -2.08. The summed E-state index contributed by atoms with van der Waals surface area (Å²) in [5.74, 6) is 0. The monoisotopic (exact) mass is 243 g/mol. The molecule has 1 atom stereocenters. The van der Waals surface area contributed by atoms with E-state index in [1.54, 1.807) is 0 Å². The van der Waals surface area contributed by atoms with E-state index in [0.29, 0.717) is 0 Å². The van der Waals surface area contributed by atoms with Crippen molar-refractivity contribution in [1.29, 1.82) is 0 Å². The Labute approximate surface area is 109 Å². The SMILES string of the molecule is Cc1cc(C)cc(C(C)Nc2c(C)n[nH]c2C)c1. The molecule has 0 saturated heterocycles. The first-order chi connectivity index (χ1) is 8.47. The molecule has 3 heteroatoms. The maximum atomic E-state index is 4.21. The molecule has 96 valence electrons. The number of aryl methyl sites for hydroxylation is 4. The van der Waals surface area contributed by atoms with Crippen molar-refractivity contribution < 1.29 is 0 Å². The summed E-state index contributed by atoms with van der Waals surface area (Å²) in [6.45, 7) is 10.5. The van der Waals surface area contributed by atoms with Gasteiger partial charge in [0.05, 0.1) is 17.1 Å². The number of nitrogens with one attached hydrogen (secondary N) is 2. The average Bonchev–Trinajstić information content (AvgIpc) is 2.59. The van der Waals surface area contributed by atoms with Gasteiger partial charge in [-0.25, -0.2) is 0 Å². The van der Waals surface area contributed by atoms with Crippen LogP contribution in [-0.2, 0) is 0 Å². The van der Waals surface area contributed by atoms with Crippen LogP contribution in [0.15, 0.2) is 18.2 Å². The highest BCUT2D eigenvalue weighted by Crippen LogP contribution is 2.24. The second kappa shape index (κ2) is 4.84. The van der Waals surface area contributed by atoms with E-state index in [4.69, 9.17) is 0 Å². The van der Waals surface area contributed by atoms with Gasteiger partial charge in [-0.05, 0) is 40.2 Å². The quantitative estimate of drug-likeness (QED) is 0.860. The van der Waals surface area contributed by atoms with Crippen LogP contribution in [0.1, 0.15) is 41.0 Å². The second-order valence-corrected chi connectivity index (χ2v) is 5.10. The number of hydrogen-bond donors (Lipinski definition) is 2. The van der Waals surface area contributed by atoms with Crippen LogP contribution in [0, 0.1) is 27.7 Å². The lowest BCUT2D eigenvalue weighted by Gasteiger charge is -2.17. The molecule has 0 amide bonds. The summed E-state index contributed by atoms with van der Waals surface area (Å²) >= 11 is 0. The summed E-state index contributed by atoms with van der Waals surface area (Å²) in [7, 11) is 0.